The standard InChI is InChI=1S/C10H8BrFN4O/c1-16-5-6(4-13-16)14-10(17)7-2-3-8(11)15-9(7)12/h2-5H,1H3,(H,14,17). The molecular weight excluding hydrogens is 291 g/mol. The van der Waals surface area contributed by atoms with Gasteiger partial charge in [0.15, 0.2) is 0 Å². The number of halogens is 2. The number of aryl methyl sites for hydroxylation is 1. The molecule has 2 rings (SSSR count). The molecule has 2 aromatic rings. The number of carbonyl (C=O) groups excluding carboxylic acids is 1. The molecule has 1 amide bonds. The summed E-state index contributed by atoms with van der Waals surface area (Å²) in [5, 5.41) is 6.41. The number of pyridine rings is 1. The monoisotopic (exact) mass is 298 g/mol. The van der Waals surface area contributed by atoms with Crippen LogP contribution in [-0.2, 0) is 7.05 Å². The van der Waals surface area contributed by atoms with Crippen LogP contribution in [0.4, 0.5) is 10.1 Å². The highest BCUT2D eigenvalue weighted by Crippen LogP contribution is 2.13. The van der Waals surface area contributed by atoms with Crippen LogP contribution in [0.25, 0.3) is 0 Å². The molecule has 1 N–H and O–H groups in total. The molecule has 0 aliphatic rings. The van der Waals surface area contributed by atoms with Gasteiger partial charge in [-0.05, 0) is 28.1 Å². The van der Waals surface area contributed by atoms with Gasteiger partial charge in [0, 0.05) is 13.2 Å². The zero-order chi connectivity index (χ0) is 12.4. The Kier molecular flexibility index (Phi) is 3.19. The van der Waals surface area contributed by atoms with E-state index in [1.807, 2.05) is 0 Å². The number of amides is 1. The molecule has 0 aromatic carbocycles. The number of hydrogen-bond donors (Lipinski definition) is 1. The van der Waals surface area contributed by atoms with Crippen molar-refractivity contribution in [2.45, 2.75) is 0 Å². The molecule has 0 unspecified atom stereocenters. The number of hydrogen-bond acceptors (Lipinski definition) is 3. The van der Waals surface area contributed by atoms with E-state index in [1.165, 1.54) is 23.0 Å². The summed E-state index contributed by atoms with van der Waals surface area (Å²) < 4.78 is 15.3. The molecule has 0 saturated carbocycles. The number of anilines is 1. The first-order valence-corrected chi connectivity index (χ1v) is 5.47. The van der Waals surface area contributed by atoms with E-state index in [0.717, 1.165) is 0 Å². The minimum Gasteiger partial charge on any atom is -0.319 e. The zero-order valence-corrected chi connectivity index (χ0v) is 10.4. The summed E-state index contributed by atoms with van der Waals surface area (Å²) in [7, 11) is 1.72. The van der Waals surface area contributed by atoms with Crippen LogP contribution in [0, 0.1) is 5.95 Å². The third kappa shape index (κ3) is 2.68. The van der Waals surface area contributed by atoms with Gasteiger partial charge in [0.1, 0.15) is 4.60 Å². The molecule has 0 spiro atoms. The van der Waals surface area contributed by atoms with Crippen LogP contribution in [0.2, 0.25) is 0 Å². The highest BCUT2D eigenvalue weighted by Gasteiger charge is 2.13. The third-order valence-electron chi connectivity index (χ3n) is 2.02. The first kappa shape index (κ1) is 11.7. The van der Waals surface area contributed by atoms with Crippen molar-refractivity contribution in [3.63, 3.8) is 0 Å². The molecule has 2 aromatic heterocycles. The van der Waals surface area contributed by atoms with Crippen molar-refractivity contribution in [2.24, 2.45) is 7.05 Å². The van der Waals surface area contributed by atoms with Crippen molar-refractivity contribution in [3.8, 4) is 0 Å². The molecule has 7 heteroatoms. The lowest BCUT2D eigenvalue weighted by molar-refractivity contribution is 0.102. The van der Waals surface area contributed by atoms with E-state index >= 15 is 0 Å². The molecule has 0 aliphatic carbocycles. The van der Waals surface area contributed by atoms with Crippen molar-refractivity contribution in [1.29, 1.82) is 0 Å². The van der Waals surface area contributed by atoms with Crippen molar-refractivity contribution in [2.75, 3.05) is 5.32 Å². The fraction of sp³-hybridized carbons (Fsp3) is 0.100. The third-order valence-corrected chi connectivity index (χ3v) is 2.46. The fourth-order valence-electron chi connectivity index (χ4n) is 1.27. The maximum absolute atomic E-state index is 13.4. The van der Waals surface area contributed by atoms with E-state index in [0.29, 0.717) is 10.3 Å². The molecule has 0 fully saturated rings. The summed E-state index contributed by atoms with van der Waals surface area (Å²) in [4.78, 5) is 15.2. The first-order chi connectivity index (χ1) is 8.06. The molecule has 0 radical (unpaired) electrons. The van der Waals surface area contributed by atoms with Gasteiger partial charge in [-0.25, -0.2) is 4.98 Å². The van der Waals surface area contributed by atoms with Gasteiger partial charge in [0.05, 0.1) is 17.4 Å². The average molecular weight is 299 g/mol. The molecule has 5 nitrogen and oxygen atoms in total. The van der Waals surface area contributed by atoms with Gasteiger partial charge in [0.25, 0.3) is 5.91 Å². The maximum atomic E-state index is 13.4. The van der Waals surface area contributed by atoms with Crippen LogP contribution in [0.5, 0.6) is 0 Å². The van der Waals surface area contributed by atoms with Crippen LogP contribution >= 0.6 is 15.9 Å². The summed E-state index contributed by atoms with van der Waals surface area (Å²) in [6, 6.07) is 2.86. The molecule has 0 bridgehead atoms. The van der Waals surface area contributed by atoms with Crippen molar-refractivity contribution in [3.05, 3.63) is 40.6 Å². The maximum Gasteiger partial charge on any atom is 0.260 e. The summed E-state index contributed by atoms with van der Waals surface area (Å²) in [5.41, 5.74) is 0.386. The Morgan fingerprint density at radius 1 is 1.53 bits per heavy atom. The van der Waals surface area contributed by atoms with Gasteiger partial charge in [-0.15, -0.1) is 0 Å². The number of aromatic nitrogens is 3. The molecule has 0 aliphatic heterocycles. The van der Waals surface area contributed by atoms with E-state index in [-0.39, 0.29) is 5.56 Å². The van der Waals surface area contributed by atoms with Crippen LogP contribution < -0.4 is 5.32 Å². The quantitative estimate of drug-likeness (QED) is 0.862. The Morgan fingerprint density at radius 2 is 2.29 bits per heavy atom. The fourth-order valence-corrected chi connectivity index (χ4v) is 1.55. The molecule has 17 heavy (non-hydrogen) atoms. The van der Waals surface area contributed by atoms with Gasteiger partial charge in [-0.1, -0.05) is 0 Å². The lowest BCUT2D eigenvalue weighted by Crippen LogP contribution is -2.14. The second-order valence-electron chi connectivity index (χ2n) is 3.33. The predicted octanol–water partition coefficient (Wildman–Crippen LogP) is 1.97. The Balaban J connectivity index is 2.20. The van der Waals surface area contributed by atoms with E-state index in [4.69, 9.17) is 0 Å². The summed E-state index contributed by atoms with van der Waals surface area (Å²) in [6.07, 6.45) is 3.09. The van der Waals surface area contributed by atoms with Crippen LogP contribution in [-0.4, -0.2) is 20.7 Å². The topological polar surface area (TPSA) is 59.8 Å². The summed E-state index contributed by atoms with van der Waals surface area (Å²) >= 11 is 3.02. The van der Waals surface area contributed by atoms with E-state index < -0.39 is 11.9 Å². The Bertz CT molecular complexity index is 569. The van der Waals surface area contributed by atoms with Crippen LogP contribution in [0.1, 0.15) is 10.4 Å². The van der Waals surface area contributed by atoms with Gasteiger partial charge < -0.3 is 5.32 Å². The summed E-state index contributed by atoms with van der Waals surface area (Å²) in [6.45, 7) is 0. The normalized spacial score (nSPS) is 10.3. The number of nitrogens with one attached hydrogen (secondary N) is 1. The molecule has 88 valence electrons. The van der Waals surface area contributed by atoms with Crippen LogP contribution in [0.3, 0.4) is 0 Å². The first-order valence-electron chi connectivity index (χ1n) is 4.68. The predicted molar refractivity (Wildman–Crippen MR) is 63.1 cm³/mol. The van der Waals surface area contributed by atoms with Crippen molar-refractivity contribution >= 4 is 27.5 Å². The number of rotatable bonds is 2. The highest BCUT2D eigenvalue weighted by atomic mass is 79.9. The van der Waals surface area contributed by atoms with Gasteiger partial charge in [0.2, 0.25) is 5.95 Å². The van der Waals surface area contributed by atoms with Gasteiger partial charge >= 0.3 is 0 Å². The van der Waals surface area contributed by atoms with E-state index in [9.17, 15) is 9.18 Å². The second-order valence-corrected chi connectivity index (χ2v) is 4.14. The molecule has 0 atom stereocenters. The molecule has 0 saturated heterocycles. The second kappa shape index (κ2) is 4.62. The Morgan fingerprint density at radius 3 is 2.88 bits per heavy atom. The minimum atomic E-state index is -0.819. The van der Waals surface area contributed by atoms with Crippen LogP contribution in [0.15, 0.2) is 29.1 Å². The molecular formula is C10H8BrFN4O. The Labute approximate surface area is 105 Å². The number of carbonyl (C=O) groups is 1. The van der Waals surface area contributed by atoms with Gasteiger partial charge in [-0.3, -0.25) is 9.48 Å². The lowest BCUT2D eigenvalue weighted by atomic mass is 10.2. The largest absolute Gasteiger partial charge is 0.319 e. The lowest BCUT2D eigenvalue weighted by Gasteiger charge is -2.03. The van der Waals surface area contributed by atoms with Gasteiger partial charge in [-0.2, -0.15) is 9.49 Å². The SMILES string of the molecule is Cn1cc(NC(=O)c2ccc(Br)nc2F)cn1. The zero-order valence-electron chi connectivity index (χ0n) is 8.82. The molecule has 2 heterocycles. The Hall–Kier alpha value is -1.76. The van der Waals surface area contributed by atoms with Crippen molar-refractivity contribution < 1.29 is 9.18 Å². The summed E-state index contributed by atoms with van der Waals surface area (Å²) in [5.74, 6) is -1.38. The minimum absolute atomic E-state index is 0.114. The van der Waals surface area contributed by atoms with E-state index in [1.54, 1.807) is 13.2 Å². The smallest absolute Gasteiger partial charge is 0.260 e. The average Bonchev–Trinajstić information content (AvgIpc) is 2.63. The van der Waals surface area contributed by atoms with E-state index in [2.05, 4.69) is 31.3 Å². The highest BCUT2D eigenvalue weighted by molar-refractivity contribution is 9.10. The number of nitrogens with zero attached hydrogens (tertiary/aromatic N) is 3. The van der Waals surface area contributed by atoms with Crippen molar-refractivity contribution in [1.82, 2.24) is 14.8 Å².